The van der Waals surface area contributed by atoms with Gasteiger partial charge in [-0.3, -0.25) is 9.48 Å². The summed E-state index contributed by atoms with van der Waals surface area (Å²) < 4.78 is 46.3. The number of rotatable bonds is 4. The van der Waals surface area contributed by atoms with Gasteiger partial charge in [0.2, 0.25) is 0 Å². The number of benzene rings is 2. The molecule has 3 rings (SSSR count). The van der Waals surface area contributed by atoms with Crippen molar-refractivity contribution in [3.05, 3.63) is 71.0 Å². The first kappa shape index (κ1) is 22.4. The molecule has 0 fully saturated rings. The molecule has 164 valence electrons. The predicted octanol–water partition coefficient (Wildman–Crippen LogP) is 6.32. The summed E-state index contributed by atoms with van der Waals surface area (Å²) in [6.07, 6.45) is -3.17. The molecule has 31 heavy (non-hydrogen) atoms. The first-order chi connectivity index (χ1) is 14.4. The summed E-state index contributed by atoms with van der Waals surface area (Å²) >= 11 is 0. The highest BCUT2D eigenvalue weighted by Crippen LogP contribution is 2.34. The molecule has 0 saturated carbocycles. The molecule has 3 aromatic rings. The van der Waals surface area contributed by atoms with Crippen LogP contribution in [-0.2, 0) is 11.7 Å². The Morgan fingerprint density at radius 2 is 1.77 bits per heavy atom. The van der Waals surface area contributed by atoms with Crippen LogP contribution in [0.3, 0.4) is 0 Å². The number of halogens is 3. The fourth-order valence-electron chi connectivity index (χ4n) is 3.12. The monoisotopic (exact) mass is 431 g/mol. The minimum Gasteiger partial charge on any atom is -0.453 e. The average molecular weight is 431 g/mol. The van der Waals surface area contributed by atoms with Crippen molar-refractivity contribution in [1.82, 2.24) is 9.78 Å². The van der Waals surface area contributed by atoms with Crippen molar-refractivity contribution in [2.24, 2.45) is 0 Å². The highest BCUT2D eigenvalue weighted by Gasteiger charge is 2.31. The lowest BCUT2D eigenvalue weighted by Gasteiger charge is -2.22. The Labute approximate surface area is 178 Å². The van der Waals surface area contributed by atoms with Gasteiger partial charge in [0.25, 0.3) is 5.91 Å². The fourth-order valence-corrected chi connectivity index (χ4v) is 3.12. The highest BCUT2D eigenvalue weighted by atomic mass is 19.4. The minimum atomic E-state index is -4.50. The largest absolute Gasteiger partial charge is 0.453 e. The summed E-state index contributed by atoms with van der Waals surface area (Å²) in [5, 5.41) is 7.12. The van der Waals surface area contributed by atoms with Crippen LogP contribution in [-0.4, -0.2) is 15.7 Å². The Balaban J connectivity index is 1.99. The molecule has 0 spiro atoms. The molecule has 1 aromatic heterocycles. The van der Waals surface area contributed by atoms with Crippen LogP contribution in [0.1, 0.15) is 48.0 Å². The van der Waals surface area contributed by atoms with Crippen LogP contribution >= 0.6 is 0 Å². The number of nitrogens with one attached hydrogen (secondary N) is 1. The number of nitrogens with zero attached hydrogens (tertiary/aromatic N) is 2. The number of amides is 1. The molecule has 0 atom stereocenters. The standard InChI is InChI=1S/C23H24F3N3O2/c1-14-9-10-18(15(2)11-14)28-21(30)20-19(13-27-29(20)22(3,4)5)31-17-8-6-7-16(12-17)23(24,25)26/h6-13H,1-5H3,(H,28,30). The second kappa shape index (κ2) is 8.09. The minimum absolute atomic E-state index is 0.0381. The Morgan fingerprint density at radius 3 is 2.39 bits per heavy atom. The first-order valence-electron chi connectivity index (χ1n) is 9.68. The van der Waals surface area contributed by atoms with Crippen molar-refractivity contribution in [3.63, 3.8) is 0 Å². The molecule has 2 aromatic carbocycles. The van der Waals surface area contributed by atoms with Crippen molar-refractivity contribution in [3.8, 4) is 11.5 Å². The lowest BCUT2D eigenvalue weighted by atomic mass is 10.1. The second-order valence-electron chi connectivity index (χ2n) is 8.34. The van der Waals surface area contributed by atoms with Crippen molar-refractivity contribution >= 4 is 11.6 Å². The molecule has 0 saturated heterocycles. The molecule has 0 aliphatic heterocycles. The van der Waals surface area contributed by atoms with E-state index in [-0.39, 0.29) is 17.2 Å². The topological polar surface area (TPSA) is 56.1 Å². The molecule has 1 amide bonds. The van der Waals surface area contributed by atoms with E-state index in [0.717, 1.165) is 23.3 Å². The van der Waals surface area contributed by atoms with Gasteiger partial charge in [0.05, 0.1) is 17.3 Å². The SMILES string of the molecule is Cc1ccc(NC(=O)c2c(Oc3cccc(C(F)(F)F)c3)cnn2C(C)(C)C)c(C)c1. The molecule has 5 nitrogen and oxygen atoms in total. The number of alkyl halides is 3. The zero-order valence-electron chi connectivity index (χ0n) is 18.0. The Hall–Kier alpha value is -3.29. The van der Waals surface area contributed by atoms with Crippen molar-refractivity contribution in [2.75, 3.05) is 5.32 Å². The molecular formula is C23H24F3N3O2. The molecule has 0 aliphatic carbocycles. The van der Waals surface area contributed by atoms with Crippen molar-refractivity contribution in [1.29, 1.82) is 0 Å². The normalized spacial score (nSPS) is 12.0. The van der Waals surface area contributed by atoms with Crippen LogP contribution in [0.4, 0.5) is 18.9 Å². The van der Waals surface area contributed by atoms with Gasteiger partial charge in [-0.2, -0.15) is 18.3 Å². The van der Waals surface area contributed by atoms with Gasteiger partial charge < -0.3 is 10.1 Å². The number of anilines is 1. The molecular weight excluding hydrogens is 407 g/mol. The Morgan fingerprint density at radius 1 is 1.06 bits per heavy atom. The van der Waals surface area contributed by atoms with Gasteiger partial charge >= 0.3 is 6.18 Å². The maximum Gasteiger partial charge on any atom is 0.416 e. The quantitative estimate of drug-likeness (QED) is 0.526. The first-order valence-corrected chi connectivity index (χ1v) is 9.68. The van der Waals surface area contributed by atoms with Gasteiger partial charge in [0, 0.05) is 5.69 Å². The van der Waals surface area contributed by atoms with Crippen LogP contribution in [0.5, 0.6) is 11.5 Å². The maximum absolute atomic E-state index is 13.2. The van der Waals surface area contributed by atoms with Crippen LogP contribution in [0.25, 0.3) is 0 Å². The van der Waals surface area contributed by atoms with Gasteiger partial charge in [0.15, 0.2) is 11.4 Å². The number of hydrogen-bond acceptors (Lipinski definition) is 3. The number of aryl methyl sites for hydroxylation is 2. The molecule has 0 bridgehead atoms. The Kier molecular flexibility index (Phi) is 5.85. The van der Waals surface area contributed by atoms with Crippen LogP contribution < -0.4 is 10.1 Å². The van der Waals surface area contributed by atoms with Crippen molar-refractivity contribution in [2.45, 2.75) is 46.3 Å². The van der Waals surface area contributed by atoms with Gasteiger partial charge in [-0.15, -0.1) is 0 Å². The van der Waals surface area contributed by atoms with E-state index < -0.39 is 23.2 Å². The van der Waals surface area contributed by atoms with Gasteiger partial charge in [0.1, 0.15) is 5.75 Å². The molecule has 0 aliphatic rings. The van der Waals surface area contributed by atoms with E-state index in [9.17, 15) is 18.0 Å². The third-order valence-corrected chi connectivity index (χ3v) is 4.61. The zero-order chi connectivity index (χ0) is 23.0. The smallest absolute Gasteiger partial charge is 0.416 e. The number of hydrogen-bond donors (Lipinski definition) is 1. The van der Waals surface area contributed by atoms with E-state index in [2.05, 4.69) is 10.4 Å². The van der Waals surface area contributed by atoms with Crippen LogP contribution in [0, 0.1) is 13.8 Å². The number of aromatic nitrogens is 2. The third kappa shape index (κ3) is 5.07. The van der Waals surface area contributed by atoms with Crippen LogP contribution in [0.2, 0.25) is 0 Å². The molecule has 0 unspecified atom stereocenters. The summed E-state index contributed by atoms with van der Waals surface area (Å²) in [5.41, 5.74) is 1.28. The summed E-state index contributed by atoms with van der Waals surface area (Å²) in [6.45, 7) is 9.42. The van der Waals surface area contributed by atoms with E-state index in [4.69, 9.17) is 4.74 Å². The van der Waals surface area contributed by atoms with Gasteiger partial charge in [-0.1, -0.05) is 23.8 Å². The van der Waals surface area contributed by atoms with E-state index in [1.54, 1.807) is 6.07 Å². The maximum atomic E-state index is 13.2. The molecule has 1 heterocycles. The van der Waals surface area contributed by atoms with Gasteiger partial charge in [-0.25, -0.2) is 0 Å². The summed E-state index contributed by atoms with van der Waals surface area (Å²) in [4.78, 5) is 13.2. The summed E-state index contributed by atoms with van der Waals surface area (Å²) in [7, 11) is 0. The van der Waals surface area contributed by atoms with E-state index >= 15 is 0 Å². The highest BCUT2D eigenvalue weighted by molar-refractivity contribution is 6.05. The van der Waals surface area contributed by atoms with E-state index in [1.807, 2.05) is 46.8 Å². The van der Waals surface area contributed by atoms with Crippen molar-refractivity contribution < 1.29 is 22.7 Å². The lowest BCUT2D eigenvalue weighted by molar-refractivity contribution is -0.137. The lowest BCUT2D eigenvalue weighted by Crippen LogP contribution is -2.29. The van der Waals surface area contributed by atoms with E-state index in [0.29, 0.717) is 5.69 Å². The van der Waals surface area contributed by atoms with E-state index in [1.165, 1.54) is 23.0 Å². The van der Waals surface area contributed by atoms with Gasteiger partial charge in [-0.05, 0) is 64.4 Å². The van der Waals surface area contributed by atoms with Crippen LogP contribution in [0.15, 0.2) is 48.7 Å². The zero-order valence-corrected chi connectivity index (χ0v) is 18.0. The molecule has 1 N–H and O–H groups in total. The average Bonchev–Trinajstić information content (AvgIpc) is 3.07. The number of ether oxygens (including phenoxy) is 1. The fraction of sp³-hybridized carbons (Fsp3) is 0.304. The summed E-state index contributed by atoms with van der Waals surface area (Å²) in [6, 6.07) is 10.1. The number of carbonyl (C=O) groups excluding carboxylic acids is 1. The predicted molar refractivity (Wildman–Crippen MR) is 113 cm³/mol. The Bertz CT molecular complexity index is 1110. The third-order valence-electron chi connectivity index (χ3n) is 4.61. The summed E-state index contributed by atoms with van der Waals surface area (Å²) in [5.74, 6) is -0.443. The second-order valence-corrected chi connectivity index (χ2v) is 8.34. The molecule has 0 radical (unpaired) electrons. The number of carbonyl (C=O) groups is 1. The molecule has 8 heteroatoms.